The summed E-state index contributed by atoms with van der Waals surface area (Å²) in [5, 5.41) is 3.54. The first-order chi connectivity index (χ1) is 8.86. The van der Waals surface area contributed by atoms with Gasteiger partial charge in [-0.15, -0.1) is 11.3 Å². The standard InChI is InChI=1S/C12H18N2O3S2/c1-3-6-14-12-11(19(2,16)17)8(13)10(18-12)9(15)7-4-5-7/h7,14H,3-6,13H2,1-2H3. The predicted molar refractivity (Wildman–Crippen MR) is 77.7 cm³/mol. The molecular formula is C12H18N2O3S2. The molecule has 1 aliphatic carbocycles. The van der Waals surface area contributed by atoms with Crippen molar-refractivity contribution in [3.63, 3.8) is 0 Å². The van der Waals surface area contributed by atoms with Crippen LogP contribution in [-0.2, 0) is 9.84 Å². The second-order valence-corrected chi connectivity index (χ2v) is 7.81. The lowest BCUT2D eigenvalue weighted by molar-refractivity contribution is 0.0972. The number of nitrogens with two attached hydrogens (primary N) is 1. The normalized spacial score (nSPS) is 15.5. The molecule has 1 heterocycles. The highest BCUT2D eigenvalue weighted by Gasteiger charge is 2.35. The van der Waals surface area contributed by atoms with E-state index >= 15 is 0 Å². The summed E-state index contributed by atoms with van der Waals surface area (Å²) in [7, 11) is -3.44. The van der Waals surface area contributed by atoms with Gasteiger partial charge in [0.15, 0.2) is 15.6 Å². The molecule has 3 N–H and O–H groups in total. The molecule has 0 saturated heterocycles. The van der Waals surface area contributed by atoms with Crippen LogP contribution in [0.1, 0.15) is 35.9 Å². The van der Waals surface area contributed by atoms with Crippen LogP contribution in [0.15, 0.2) is 4.90 Å². The van der Waals surface area contributed by atoms with Gasteiger partial charge in [0.1, 0.15) is 9.90 Å². The fourth-order valence-corrected chi connectivity index (χ4v) is 4.48. The summed E-state index contributed by atoms with van der Waals surface area (Å²) in [6.45, 7) is 2.64. The Bertz CT molecular complexity index is 601. The molecular weight excluding hydrogens is 284 g/mol. The number of Topliss-reactive ketones (excluding diaryl/α,β-unsaturated/α-hetero) is 1. The third-order valence-corrected chi connectivity index (χ3v) is 5.45. The Balaban J connectivity index is 2.46. The van der Waals surface area contributed by atoms with Gasteiger partial charge < -0.3 is 11.1 Å². The van der Waals surface area contributed by atoms with E-state index in [1.807, 2.05) is 6.92 Å². The van der Waals surface area contributed by atoms with Gasteiger partial charge in [0, 0.05) is 18.7 Å². The quantitative estimate of drug-likeness (QED) is 0.786. The monoisotopic (exact) mass is 302 g/mol. The Hall–Kier alpha value is -1.08. The van der Waals surface area contributed by atoms with Gasteiger partial charge >= 0.3 is 0 Å². The first-order valence-corrected chi connectivity index (χ1v) is 8.97. The number of ketones is 1. The van der Waals surface area contributed by atoms with Crippen molar-refractivity contribution < 1.29 is 13.2 Å². The van der Waals surface area contributed by atoms with Gasteiger partial charge in [0.25, 0.3) is 0 Å². The molecule has 7 heteroatoms. The fourth-order valence-electron chi connectivity index (χ4n) is 1.87. The summed E-state index contributed by atoms with van der Waals surface area (Å²) in [5.41, 5.74) is 6.01. The number of anilines is 2. The number of hydrogen-bond acceptors (Lipinski definition) is 6. The van der Waals surface area contributed by atoms with Crippen molar-refractivity contribution >= 4 is 37.6 Å². The second kappa shape index (κ2) is 5.13. The molecule has 1 aliphatic rings. The van der Waals surface area contributed by atoms with E-state index in [-0.39, 0.29) is 22.3 Å². The lowest BCUT2D eigenvalue weighted by Crippen LogP contribution is -2.07. The summed E-state index contributed by atoms with van der Waals surface area (Å²) in [4.78, 5) is 12.6. The smallest absolute Gasteiger partial charge is 0.180 e. The third kappa shape index (κ3) is 2.92. The molecule has 1 aromatic rings. The molecule has 19 heavy (non-hydrogen) atoms. The summed E-state index contributed by atoms with van der Waals surface area (Å²) in [5.74, 6) is 0.0179. The molecule has 0 amide bonds. The van der Waals surface area contributed by atoms with Crippen molar-refractivity contribution in [2.45, 2.75) is 31.1 Å². The molecule has 0 bridgehead atoms. The fraction of sp³-hybridized carbons (Fsp3) is 0.583. The van der Waals surface area contributed by atoms with Crippen molar-refractivity contribution in [2.75, 3.05) is 23.9 Å². The number of thiophene rings is 1. The molecule has 2 rings (SSSR count). The van der Waals surface area contributed by atoms with Crippen LogP contribution in [0.4, 0.5) is 10.7 Å². The van der Waals surface area contributed by atoms with E-state index < -0.39 is 9.84 Å². The van der Waals surface area contributed by atoms with E-state index in [1.54, 1.807) is 0 Å². The highest BCUT2D eigenvalue weighted by Crippen LogP contribution is 2.43. The molecule has 0 radical (unpaired) electrons. The van der Waals surface area contributed by atoms with Gasteiger partial charge in [-0.3, -0.25) is 4.79 Å². The van der Waals surface area contributed by atoms with Crippen molar-refractivity contribution in [2.24, 2.45) is 5.92 Å². The first-order valence-electron chi connectivity index (χ1n) is 6.26. The van der Waals surface area contributed by atoms with E-state index in [0.29, 0.717) is 16.4 Å². The topological polar surface area (TPSA) is 89.3 Å². The summed E-state index contributed by atoms with van der Waals surface area (Å²) in [6, 6.07) is 0. The van der Waals surface area contributed by atoms with E-state index in [1.165, 1.54) is 0 Å². The van der Waals surface area contributed by atoms with Gasteiger partial charge in [0.05, 0.1) is 10.6 Å². The van der Waals surface area contributed by atoms with Crippen LogP contribution in [0.3, 0.4) is 0 Å². The third-order valence-electron chi connectivity index (χ3n) is 2.98. The van der Waals surface area contributed by atoms with Crippen molar-refractivity contribution in [1.29, 1.82) is 0 Å². The number of sulfone groups is 1. The minimum absolute atomic E-state index is 0.0167. The van der Waals surface area contributed by atoms with E-state index in [0.717, 1.165) is 36.9 Å². The van der Waals surface area contributed by atoms with Crippen LogP contribution < -0.4 is 11.1 Å². The zero-order valence-electron chi connectivity index (χ0n) is 11.0. The Labute approximate surface area is 117 Å². The molecule has 106 valence electrons. The summed E-state index contributed by atoms with van der Waals surface area (Å²) >= 11 is 1.16. The molecule has 5 nitrogen and oxygen atoms in total. The van der Waals surface area contributed by atoms with Crippen LogP contribution in [0, 0.1) is 5.92 Å². The maximum absolute atomic E-state index is 12.1. The zero-order valence-corrected chi connectivity index (χ0v) is 12.7. The van der Waals surface area contributed by atoms with Gasteiger partial charge in [-0.2, -0.15) is 0 Å². The van der Waals surface area contributed by atoms with Crippen molar-refractivity contribution in [1.82, 2.24) is 0 Å². The number of nitrogen functional groups attached to an aromatic ring is 1. The van der Waals surface area contributed by atoms with E-state index in [4.69, 9.17) is 5.73 Å². The maximum Gasteiger partial charge on any atom is 0.180 e. The number of rotatable bonds is 6. The summed E-state index contributed by atoms with van der Waals surface area (Å²) < 4.78 is 23.7. The summed E-state index contributed by atoms with van der Waals surface area (Å²) in [6.07, 6.45) is 3.74. The van der Waals surface area contributed by atoms with Gasteiger partial charge in [-0.05, 0) is 19.3 Å². The predicted octanol–water partition coefficient (Wildman–Crippen LogP) is 2.15. The van der Waals surface area contributed by atoms with Gasteiger partial charge in [-0.1, -0.05) is 6.92 Å². The Kier molecular flexibility index (Phi) is 3.87. The van der Waals surface area contributed by atoms with Crippen molar-refractivity contribution in [3.05, 3.63) is 4.88 Å². The lowest BCUT2D eigenvalue weighted by Gasteiger charge is -2.04. The largest absolute Gasteiger partial charge is 0.396 e. The van der Waals surface area contributed by atoms with Crippen LogP contribution in [0.2, 0.25) is 0 Å². The number of hydrogen-bond donors (Lipinski definition) is 2. The second-order valence-electron chi connectivity index (χ2n) is 4.84. The molecule has 0 spiro atoms. The average Bonchev–Trinajstić information content (AvgIpc) is 3.09. The minimum Gasteiger partial charge on any atom is -0.396 e. The first kappa shape index (κ1) is 14.3. The molecule has 1 saturated carbocycles. The van der Waals surface area contributed by atoms with Crippen LogP contribution >= 0.6 is 11.3 Å². The average molecular weight is 302 g/mol. The highest BCUT2D eigenvalue weighted by molar-refractivity contribution is 7.91. The Morgan fingerprint density at radius 3 is 2.58 bits per heavy atom. The van der Waals surface area contributed by atoms with Gasteiger partial charge in [0.2, 0.25) is 0 Å². The molecule has 0 aliphatic heterocycles. The van der Waals surface area contributed by atoms with Crippen LogP contribution in [-0.4, -0.2) is 27.0 Å². The molecule has 1 fully saturated rings. The van der Waals surface area contributed by atoms with Crippen molar-refractivity contribution in [3.8, 4) is 0 Å². The number of nitrogens with one attached hydrogen (secondary N) is 1. The Morgan fingerprint density at radius 1 is 1.47 bits per heavy atom. The van der Waals surface area contributed by atoms with E-state index in [2.05, 4.69) is 5.32 Å². The Morgan fingerprint density at radius 2 is 2.11 bits per heavy atom. The minimum atomic E-state index is -3.44. The molecule has 0 unspecified atom stereocenters. The molecule has 0 aromatic carbocycles. The van der Waals surface area contributed by atoms with Gasteiger partial charge in [-0.25, -0.2) is 8.42 Å². The zero-order chi connectivity index (χ0) is 14.2. The molecule has 1 aromatic heterocycles. The van der Waals surface area contributed by atoms with Crippen LogP contribution in [0.25, 0.3) is 0 Å². The SMILES string of the molecule is CCCNc1sc(C(=O)C2CC2)c(N)c1S(C)(=O)=O. The lowest BCUT2D eigenvalue weighted by atomic mass is 10.2. The van der Waals surface area contributed by atoms with Crippen LogP contribution in [0.5, 0.6) is 0 Å². The highest BCUT2D eigenvalue weighted by atomic mass is 32.2. The molecule has 0 atom stereocenters. The number of carbonyl (C=O) groups excluding carboxylic acids is 1. The maximum atomic E-state index is 12.1. The number of carbonyl (C=O) groups is 1. The van der Waals surface area contributed by atoms with E-state index in [9.17, 15) is 13.2 Å².